The Bertz CT molecular complexity index is 845. The van der Waals surface area contributed by atoms with Crippen molar-refractivity contribution < 1.29 is 45.6 Å². The van der Waals surface area contributed by atoms with Gasteiger partial charge < -0.3 is 45.6 Å². The molecule has 192 valence electrons. The van der Waals surface area contributed by atoms with Gasteiger partial charge in [0.15, 0.2) is 0 Å². The van der Waals surface area contributed by atoms with E-state index in [1.165, 1.54) is 6.92 Å². The molecule has 0 unspecified atom stereocenters. The van der Waals surface area contributed by atoms with E-state index in [4.69, 9.17) is 31.3 Å². The number of aliphatic hydroxyl groups is 6. The van der Waals surface area contributed by atoms with Crippen molar-refractivity contribution in [3.8, 4) is 5.75 Å². The molecule has 2 aromatic carbocycles. The van der Waals surface area contributed by atoms with Gasteiger partial charge in [0.2, 0.25) is 0 Å². The summed E-state index contributed by atoms with van der Waals surface area (Å²) < 4.78 is 11.1. The normalized spacial score (nSPS) is 24.9. The fraction of sp³-hybridized carbons (Fsp3) is 0.500. The first-order valence-corrected chi connectivity index (χ1v) is 11.2. The Kier molecular flexibility index (Phi) is 13.0. The van der Waals surface area contributed by atoms with Gasteiger partial charge in [-0.25, -0.2) is 0 Å². The summed E-state index contributed by atoms with van der Waals surface area (Å²) in [6.07, 6.45) is -5.95. The molecule has 0 bridgehead atoms. The summed E-state index contributed by atoms with van der Waals surface area (Å²) in [7, 11) is 0. The summed E-state index contributed by atoms with van der Waals surface area (Å²) in [5, 5.41) is 56.3. The fourth-order valence-electron chi connectivity index (χ4n) is 3.37. The van der Waals surface area contributed by atoms with Crippen molar-refractivity contribution >= 4 is 11.6 Å². The molecule has 2 aromatic rings. The van der Waals surface area contributed by atoms with E-state index < -0.39 is 43.2 Å². The molecule has 6 atom stereocenters. The van der Waals surface area contributed by atoms with Gasteiger partial charge in [-0.15, -0.1) is 0 Å². The van der Waals surface area contributed by atoms with Crippen LogP contribution in [0.3, 0.4) is 0 Å². The minimum Gasteiger partial charge on any atom is -0.494 e. The van der Waals surface area contributed by atoms with Crippen LogP contribution in [0, 0.1) is 0 Å². The Labute approximate surface area is 204 Å². The molecule has 10 heteroatoms. The van der Waals surface area contributed by atoms with Crippen molar-refractivity contribution in [1.29, 1.82) is 0 Å². The largest absolute Gasteiger partial charge is 0.494 e. The highest BCUT2D eigenvalue weighted by molar-refractivity contribution is 6.31. The minimum atomic E-state index is -1.42. The predicted octanol–water partition coefficient (Wildman–Crippen LogP) is 0.379. The maximum Gasteiger partial charge on any atom is 0.119 e. The lowest BCUT2D eigenvalue weighted by molar-refractivity contribution is -0.231. The average Bonchev–Trinajstić information content (AvgIpc) is 2.81. The average molecular weight is 503 g/mol. The van der Waals surface area contributed by atoms with Crippen LogP contribution in [0.1, 0.15) is 36.6 Å². The molecule has 1 heterocycles. The molecule has 1 fully saturated rings. The number of ether oxygens (including phenoxy) is 2. The molecule has 0 aliphatic carbocycles. The third-order valence-electron chi connectivity index (χ3n) is 5.18. The van der Waals surface area contributed by atoms with Crippen LogP contribution in [-0.4, -0.2) is 86.5 Å². The van der Waals surface area contributed by atoms with E-state index in [0.717, 1.165) is 16.9 Å². The first-order valence-electron chi connectivity index (χ1n) is 10.8. The van der Waals surface area contributed by atoms with Crippen LogP contribution in [0.25, 0.3) is 0 Å². The Morgan fingerprint density at radius 3 is 2.15 bits per heavy atom. The minimum absolute atomic E-state index is 0. The smallest absolute Gasteiger partial charge is 0.119 e. The molecule has 1 aliphatic rings. The van der Waals surface area contributed by atoms with E-state index in [1.54, 1.807) is 12.1 Å². The second-order valence-electron chi connectivity index (χ2n) is 7.89. The number of hydrogen-bond acceptors (Lipinski definition) is 8. The molecule has 34 heavy (non-hydrogen) atoms. The second-order valence-corrected chi connectivity index (χ2v) is 8.29. The molecule has 0 radical (unpaired) electrons. The summed E-state index contributed by atoms with van der Waals surface area (Å²) in [6.45, 7) is 3.46. The highest BCUT2D eigenvalue weighted by atomic mass is 35.5. The lowest BCUT2D eigenvalue weighted by atomic mass is 9.90. The van der Waals surface area contributed by atoms with Gasteiger partial charge in [0.05, 0.1) is 25.9 Å². The summed E-state index contributed by atoms with van der Waals surface area (Å²) in [6, 6.07) is 12.9. The van der Waals surface area contributed by atoms with Crippen molar-refractivity contribution in [3.63, 3.8) is 0 Å². The summed E-state index contributed by atoms with van der Waals surface area (Å²) >= 11 is 6.35. The molecule has 0 spiro atoms. The van der Waals surface area contributed by atoms with Crippen LogP contribution in [0.5, 0.6) is 5.75 Å². The lowest BCUT2D eigenvalue weighted by Gasteiger charge is -2.40. The Hall–Kier alpha value is -1.79. The zero-order valence-corrected chi connectivity index (χ0v) is 20.0. The first kappa shape index (κ1) is 30.2. The fourth-order valence-corrected chi connectivity index (χ4v) is 3.56. The van der Waals surface area contributed by atoms with Crippen molar-refractivity contribution in [2.75, 3.05) is 19.8 Å². The van der Waals surface area contributed by atoms with E-state index >= 15 is 0 Å². The van der Waals surface area contributed by atoms with Crippen LogP contribution in [0.2, 0.25) is 5.02 Å². The highest BCUT2D eigenvalue weighted by Crippen LogP contribution is 2.34. The Morgan fingerprint density at radius 1 is 1.00 bits per heavy atom. The van der Waals surface area contributed by atoms with Gasteiger partial charge in [-0.05, 0) is 55.2 Å². The third kappa shape index (κ3) is 8.16. The molecule has 9 nitrogen and oxygen atoms in total. The zero-order valence-electron chi connectivity index (χ0n) is 19.2. The maximum atomic E-state index is 10.3. The summed E-state index contributed by atoms with van der Waals surface area (Å²) in [5.41, 5.74) is 2.49. The molecule has 1 saturated heterocycles. The molecular formula is C24H35ClO9. The van der Waals surface area contributed by atoms with Crippen LogP contribution in [-0.2, 0) is 11.2 Å². The second kappa shape index (κ2) is 14.6. The summed E-state index contributed by atoms with van der Waals surface area (Å²) in [4.78, 5) is 0. The van der Waals surface area contributed by atoms with Gasteiger partial charge in [0, 0.05) is 5.02 Å². The van der Waals surface area contributed by atoms with Crippen LogP contribution in [0.15, 0.2) is 42.5 Å². The number of halogens is 1. The van der Waals surface area contributed by atoms with Crippen molar-refractivity contribution in [2.24, 2.45) is 0 Å². The van der Waals surface area contributed by atoms with Crippen LogP contribution < -0.4 is 4.74 Å². The zero-order chi connectivity index (χ0) is 24.5. The van der Waals surface area contributed by atoms with Gasteiger partial charge in [-0.2, -0.15) is 0 Å². The quantitative estimate of drug-likeness (QED) is 0.315. The number of hydrogen-bond donors (Lipinski definition) is 6. The van der Waals surface area contributed by atoms with Crippen molar-refractivity contribution in [3.05, 3.63) is 64.2 Å². The van der Waals surface area contributed by atoms with Crippen LogP contribution in [0.4, 0.5) is 0 Å². The summed E-state index contributed by atoms with van der Waals surface area (Å²) in [5.74, 6) is 0.799. The SMILES string of the molecule is CCOc1ccc(Cc2cc([C@@H]3O[C@H](CO)[C@@H](O)[C@H](O)[C@H]3O)ccc2Cl)cc1.C[C@H](O)CO.O. The van der Waals surface area contributed by atoms with E-state index in [9.17, 15) is 20.4 Å². The maximum absolute atomic E-state index is 10.3. The lowest BCUT2D eigenvalue weighted by Crippen LogP contribution is -2.55. The number of aliphatic hydroxyl groups excluding tert-OH is 6. The number of rotatable bonds is 7. The predicted molar refractivity (Wildman–Crippen MR) is 127 cm³/mol. The van der Waals surface area contributed by atoms with Crippen LogP contribution >= 0.6 is 11.6 Å². The number of benzene rings is 2. The molecule has 0 amide bonds. The molecule has 1 aliphatic heterocycles. The van der Waals surface area contributed by atoms with Crippen molar-refractivity contribution in [2.45, 2.75) is 56.9 Å². The van der Waals surface area contributed by atoms with Crippen molar-refractivity contribution in [1.82, 2.24) is 0 Å². The molecule has 0 aromatic heterocycles. The third-order valence-corrected chi connectivity index (χ3v) is 5.55. The van der Waals surface area contributed by atoms with E-state index in [2.05, 4.69) is 0 Å². The Balaban J connectivity index is 0.000000873. The Morgan fingerprint density at radius 2 is 1.62 bits per heavy atom. The first-order chi connectivity index (χ1) is 15.7. The van der Waals surface area contributed by atoms with E-state index in [-0.39, 0.29) is 12.1 Å². The van der Waals surface area contributed by atoms with Gasteiger partial charge in [0.1, 0.15) is 36.3 Å². The topological polar surface area (TPSA) is 171 Å². The monoisotopic (exact) mass is 502 g/mol. The molecule has 3 rings (SSSR count). The van der Waals surface area contributed by atoms with Gasteiger partial charge >= 0.3 is 0 Å². The van der Waals surface area contributed by atoms with E-state index in [0.29, 0.717) is 23.6 Å². The van der Waals surface area contributed by atoms with Gasteiger partial charge in [-0.3, -0.25) is 0 Å². The van der Waals surface area contributed by atoms with Gasteiger partial charge in [0.25, 0.3) is 0 Å². The van der Waals surface area contributed by atoms with Gasteiger partial charge in [-0.1, -0.05) is 35.9 Å². The highest BCUT2D eigenvalue weighted by Gasteiger charge is 2.44. The molecule has 8 N–H and O–H groups in total. The molecule has 0 saturated carbocycles. The molecular weight excluding hydrogens is 468 g/mol. The van der Waals surface area contributed by atoms with E-state index in [1.807, 2.05) is 37.3 Å². The standard InChI is InChI=1S/C21H25ClO6.C3H8O2.H2O/c1-2-27-15-6-3-12(4-7-15)9-14-10-13(5-8-16(14)22)21-20(26)19(25)18(24)17(11-23)28-21;1-3(5)2-4;/h3-8,10,17-21,23-26H,2,9,11H2,1H3;3-5H,2H2,1H3;1H2/t17-,18-,19+,20-,21+;3-;/m10./s1.